The second-order valence-corrected chi connectivity index (χ2v) is 5.45. The lowest BCUT2D eigenvalue weighted by molar-refractivity contribution is -0.139. The zero-order valence-electron chi connectivity index (χ0n) is 9.35. The quantitative estimate of drug-likeness (QED) is 0.716. The van der Waals surface area contributed by atoms with Gasteiger partial charge in [0, 0.05) is 23.8 Å². The fourth-order valence-corrected chi connectivity index (χ4v) is 2.25. The summed E-state index contributed by atoms with van der Waals surface area (Å²) in [4.78, 5) is 14.1. The van der Waals surface area contributed by atoms with Crippen LogP contribution in [-0.2, 0) is 4.79 Å². The summed E-state index contributed by atoms with van der Waals surface area (Å²) < 4.78 is 0. The van der Waals surface area contributed by atoms with Crippen molar-refractivity contribution in [1.29, 1.82) is 0 Å². The number of alkyl halides is 1. The van der Waals surface area contributed by atoms with Gasteiger partial charge in [0.1, 0.15) is 0 Å². The third-order valence-corrected chi connectivity index (χ3v) is 4.17. The molecule has 14 heavy (non-hydrogen) atoms. The number of carbonyl (C=O) groups is 1. The first kappa shape index (κ1) is 12.0. The molecule has 0 aromatic rings. The van der Waals surface area contributed by atoms with Gasteiger partial charge in [-0.2, -0.15) is 0 Å². The van der Waals surface area contributed by atoms with Crippen LogP contribution in [0.2, 0.25) is 0 Å². The lowest BCUT2D eigenvalue weighted by Crippen LogP contribution is -2.39. The van der Waals surface area contributed by atoms with Gasteiger partial charge in [-0.3, -0.25) is 4.79 Å². The molecule has 0 N–H and O–H groups in total. The van der Waals surface area contributed by atoms with Crippen LogP contribution in [0.4, 0.5) is 0 Å². The van der Waals surface area contributed by atoms with E-state index in [1.807, 2.05) is 18.7 Å². The summed E-state index contributed by atoms with van der Waals surface area (Å²) in [5.74, 6) is 0.982. The Balaban J connectivity index is 2.55. The maximum Gasteiger partial charge on any atom is 0.228 e. The Kier molecular flexibility index (Phi) is 3.99. The molecule has 0 radical (unpaired) electrons. The minimum atomic E-state index is -0.179. The molecule has 1 amide bonds. The predicted molar refractivity (Wildman–Crippen MR) is 62.6 cm³/mol. The Morgan fingerprint density at radius 2 is 2.21 bits per heavy atom. The molecule has 3 heteroatoms. The highest BCUT2D eigenvalue weighted by atomic mass is 79.9. The SMILES string of the molecule is CCC(C)(C)C(=O)N1CCC(CBr)C1. The molecule has 0 aromatic heterocycles. The van der Waals surface area contributed by atoms with Crippen LogP contribution in [0.15, 0.2) is 0 Å². The van der Waals surface area contributed by atoms with E-state index >= 15 is 0 Å². The van der Waals surface area contributed by atoms with Gasteiger partial charge in [-0.25, -0.2) is 0 Å². The van der Waals surface area contributed by atoms with Gasteiger partial charge in [0.15, 0.2) is 0 Å². The summed E-state index contributed by atoms with van der Waals surface area (Å²) in [5, 5.41) is 1.02. The van der Waals surface area contributed by atoms with Crippen molar-refractivity contribution in [1.82, 2.24) is 4.90 Å². The number of carbonyl (C=O) groups excluding carboxylic acids is 1. The fourth-order valence-electron chi connectivity index (χ4n) is 1.72. The van der Waals surface area contributed by atoms with E-state index in [0.717, 1.165) is 31.3 Å². The Bertz CT molecular complexity index is 215. The zero-order chi connectivity index (χ0) is 10.8. The summed E-state index contributed by atoms with van der Waals surface area (Å²) in [5.41, 5.74) is -0.179. The van der Waals surface area contributed by atoms with Gasteiger partial charge < -0.3 is 4.90 Å². The topological polar surface area (TPSA) is 20.3 Å². The first-order valence-electron chi connectivity index (χ1n) is 5.36. The zero-order valence-corrected chi connectivity index (χ0v) is 10.9. The second kappa shape index (κ2) is 4.65. The molecular formula is C11H20BrNO. The third-order valence-electron chi connectivity index (χ3n) is 3.25. The minimum absolute atomic E-state index is 0.179. The average molecular weight is 262 g/mol. The number of nitrogens with zero attached hydrogens (tertiary/aromatic N) is 1. The summed E-state index contributed by atoms with van der Waals surface area (Å²) in [6.45, 7) is 8.04. The molecule has 82 valence electrons. The molecule has 0 aromatic carbocycles. The van der Waals surface area contributed by atoms with Gasteiger partial charge in [-0.1, -0.05) is 36.7 Å². The molecule has 1 aliphatic heterocycles. The van der Waals surface area contributed by atoms with Crippen LogP contribution >= 0.6 is 15.9 Å². The molecule has 1 saturated heterocycles. The van der Waals surface area contributed by atoms with Crippen molar-refractivity contribution in [2.24, 2.45) is 11.3 Å². The largest absolute Gasteiger partial charge is 0.342 e. The lowest BCUT2D eigenvalue weighted by atomic mass is 9.88. The van der Waals surface area contributed by atoms with Crippen LogP contribution in [0.1, 0.15) is 33.6 Å². The Hall–Kier alpha value is -0.0500. The van der Waals surface area contributed by atoms with Crippen molar-refractivity contribution in [3.05, 3.63) is 0 Å². The fraction of sp³-hybridized carbons (Fsp3) is 0.909. The number of halogens is 1. The minimum Gasteiger partial charge on any atom is -0.342 e. The normalized spacial score (nSPS) is 22.9. The third kappa shape index (κ3) is 2.50. The van der Waals surface area contributed by atoms with Crippen LogP contribution in [0.3, 0.4) is 0 Å². The Labute approximate surface area is 95.2 Å². The van der Waals surface area contributed by atoms with E-state index in [2.05, 4.69) is 22.9 Å². The van der Waals surface area contributed by atoms with E-state index in [1.54, 1.807) is 0 Å². The van der Waals surface area contributed by atoms with E-state index in [9.17, 15) is 4.79 Å². The highest BCUT2D eigenvalue weighted by Gasteiger charge is 2.34. The van der Waals surface area contributed by atoms with E-state index in [4.69, 9.17) is 0 Å². The molecule has 0 spiro atoms. The van der Waals surface area contributed by atoms with Crippen molar-refractivity contribution < 1.29 is 4.79 Å². The molecule has 2 nitrogen and oxygen atoms in total. The molecule has 1 fully saturated rings. The molecule has 0 saturated carbocycles. The van der Waals surface area contributed by atoms with Gasteiger partial charge in [0.05, 0.1) is 0 Å². The van der Waals surface area contributed by atoms with Gasteiger partial charge >= 0.3 is 0 Å². The number of hydrogen-bond donors (Lipinski definition) is 0. The first-order valence-corrected chi connectivity index (χ1v) is 6.48. The highest BCUT2D eigenvalue weighted by Crippen LogP contribution is 2.27. The maximum atomic E-state index is 12.1. The van der Waals surface area contributed by atoms with Gasteiger partial charge in [-0.05, 0) is 18.8 Å². The molecule has 1 heterocycles. The monoisotopic (exact) mass is 261 g/mol. The van der Waals surface area contributed by atoms with Gasteiger partial charge in [0.25, 0.3) is 0 Å². The second-order valence-electron chi connectivity index (χ2n) is 4.80. The average Bonchev–Trinajstić information content (AvgIpc) is 2.64. The van der Waals surface area contributed by atoms with Crippen molar-refractivity contribution in [3.8, 4) is 0 Å². The first-order chi connectivity index (χ1) is 6.51. The highest BCUT2D eigenvalue weighted by molar-refractivity contribution is 9.09. The van der Waals surface area contributed by atoms with Crippen LogP contribution in [0.5, 0.6) is 0 Å². The summed E-state index contributed by atoms with van der Waals surface area (Å²) in [7, 11) is 0. The van der Waals surface area contributed by atoms with Crippen molar-refractivity contribution >= 4 is 21.8 Å². The van der Waals surface area contributed by atoms with Gasteiger partial charge in [0.2, 0.25) is 5.91 Å². The summed E-state index contributed by atoms with van der Waals surface area (Å²) in [6.07, 6.45) is 2.07. The van der Waals surface area contributed by atoms with Crippen molar-refractivity contribution in [3.63, 3.8) is 0 Å². The van der Waals surface area contributed by atoms with Crippen LogP contribution in [0, 0.1) is 11.3 Å². The van der Waals surface area contributed by atoms with E-state index < -0.39 is 0 Å². The van der Waals surface area contributed by atoms with Crippen LogP contribution in [-0.4, -0.2) is 29.2 Å². The molecule has 1 atom stereocenters. The lowest BCUT2D eigenvalue weighted by Gasteiger charge is -2.28. The Morgan fingerprint density at radius 3 is 2.64 bits per heavy atom. The standard InChI is InChI=1S/C11H20BrNO/c1-4-11(2,3)10(14)13-6-5-9(7-12)8-13/h9H,4-8H2,1-3H3. The van der Waals surface area contributed by atoms with Crippen LogP contribution in [0.25, 0.3) is 0 Å². The van der Waals surface area contributed by atoms with Gasteiger partial charge in [-0.15, -0.1) is 0 Å². The Morgan fingerprint density at radius 1 is 1.57 bits per heavy atom. The van der Waals surface area contributed by atoms with Crippen molar-refractivity contribution in [2.75, 3.05) is 18.4 Å². The van der Waals surface area contributed by atoms with Crippen LogP contribution < -0.4 is 0 Å². The number of likely N-dealkylation sites (tertiary alicyclic amines) is 1. The smallest absolute Gasteiger partial charge is 0.228 e. The van der Waals surface area contributed by atoms with E-state index in [1.165, 1.54) is 0 Å². The predicted octanol–water partition coefficient (Wildman–Crippen LogP) is 2.67. The van der Waals surface area contributed by atoms with E-state index in [0.29, 0.717) is 11.8 Å². The molecule has 0 bridgehead atoms. The molecule has 1 rings (SSSR count). The number of rotatable bonds is 3. The molecule has 1 unspecified atom stereocenters. The maximum absolute atomic E-state index is 12.1. The van der Waals surface area contributed by atoms with E-state index in [-0.39, 0.29) is 5.41 Å². The number of hydrogen-bond acceptors (Lipinski definition) is 1. The number of amides is 1. The molecule has 0 aliphatic carbocycles. The molecule has 1 aliphatic rings. The summed E-state index contributed by atoms with van der Waals surface area (Å²) in [6, 6.07) is 0. The molecular weight excluding hydrogens is 242 g/mol. The van der Waals surface area contributed by atoms with Crippen molar-refractivity contribution in [2.45, 2.75) is 33.6 Å². The summed E-state index contributed by atoms with van der Waals surface area (Å²) >= 11 is 3.48.